The molecule has 5 atom stereocenters. The Morgan fingerprint density at radius 2 is 1.44 bits per heavy atom. The Labute approximate surface area is 93.7 Å². The smallest absolute Gasteiger partial charge is 0.416 e. The molecule has 2 aliphatic carbocycles. The topological polar surface area (TPSA) is 0 Å². The lowest BCUT2D eigenvalue weighted by molar-refractivity contribution is -0.949. The first-order valence-electron chi connectivity index (χ1n) is 6.58. The summed E-state index contributed by atoms with van der Waals surface area (Å²) in [5.41, 5.74) is -0.307. The van der Waals surface area contributed by atoms with Gasteiger partial charge in [-0.3, -0.25) is 0 Å². The van der Waals surface area contributed by atoms with Gasteiger partial charge in [0, 0.05) is 24.8 Å². The van der Waals surface area contributed by atoms with Crippen molar-refractivity contribution < 1.29 is 17.3 Å². The third kappa shape index (κ3) is 0.703. The number of quaternary nitrogens is 1. The molecule has 16 heavy (non-hydrogen) atoms. The van der Waals surface area contributed by atoms with E-state index in [-0.39, 0.29) is 5.54 Å². The maximum Gasteiger partial charge on any atom is 0.733 e. The summed E-state index contributed by atoms with van der Waals surface area (Å²) >= 11 is 0. The Morgan fingerprint density at radius 3 is 2.06 bits per heavy atom. The number of halogens is 3. The summed E-state index contributed by atoms with van der Waals surface area (Å²) in [6.45, 7) is 0.831. The third-order valence-corrected chi connectivity index (χ3v) is 6.44. The van der Waals surface area contributed by atoms with Crippen molar-refractivity contribution in [1.82, 2.24) is 0 Å². The van der Waals surface area contributed by atoms with Gasteiger partial charge in [0.05, 0.1) is 18.0 Å². The van der Waals surface area contributed by atoms with Crippen LogP contribution in [0.15, 0.2) is 0 Å². The molecule has 0 aromatic heterocycles. The Morgan fingerprint density at radius 1 is 0.875 bits per heavy atom. The van der Waals surface area contributed by atoms with E-state index in [1.807, 2.05) is 0 Å². The predicted molar refractivity (Wildman–Crippen MR) is 55.4 cm³/mol. The number of nitrogens with zero attached hydrogens (tertiary/aromatic N) is 1. The van der Waals surface area contributed by atoms with E-state index in [1.54, 1.807) is 0 Å². The monoisotopic (exact) mass is 231 g/mol. The minimum absolute atomic E-state index is 0.307. The second-order valence-electron chi connectivity index (χ2n) is 6.40. The molecule has 1 spiro atoms. The van der Waals surface area contributed by atoms with E-state index in [2.05, 4.69) is 0 Å². The van der Waals surface area contributed by atoms with Crippen LogP contribution in [0, 0.1) is 17.8 Å². The lowest BCUT2D eigenvalue weighted by Crippen LogP contribution is -2.83. The van der Waals surface area contributed by atoms with Crippen molar-refractivity contribution in [3.05, 3.63) is 0 Å². The number of rotatable bonds is 1. The van der Waals surface area contributed by atoms with Gasteiger partial charge in [0.1, 0.15) is 0 Å². The molecule has 4 rings (SSSR count). The third-order valence-electron chi connectivity index (χ3n) is 6.44. The quantitative estimate of drug-likeness (QED) is 0.608. The molecule has 0 unspecified atom stereocenters. The molecule has 1 nitrogen and oxygen atoms in total. The Kier molecular flexibility index (Phi) is 1.52. The minimum atomic E-state index is -4.69. The van der Waals surface area contributed by atoms with Crippen LogP contribution in [0.3, 0.4) is 0 Å². The molecule has 0 N–H and O–H groups in total. The molecule has 2 saturated carbocycles. The fourth-order valence-corrected chi connectivity index (χ4v) is 6.21. The van der Waals surface area contributed by atoms with Gasteiger partial charge in [0.15, 0.2) is 0 Å². The van der Waals surface area contributed by atoms with E-state index >= 15 is 0 Å². The highest BCUT2D eigenvalue weighted by atomic mass is 19.4. The van der Waals surface area contributed by atoms with Crippen LogP contribution in [0.4, 0.5) is 12.9 Å². The van der Waals surface area contributed by atoms with Crippen molar-refractivity contribution in [3.8, 4) is 0 Å². The highest BCUT2D eigenvalue weighted by Gasteiger charge is 2.82. The highest BCUT2D eigenvalue weighted by Crippen LogP contribution is 2.72. The first kappa shape index (κ1) is 9.81. The standard InChI is InChI=1S/C11H17BF3N/c13-12(14,15)16-6-5-9-2-1-8-3-4-10(7-16)11(8,9)16/h8-10H,1-7H2/t8-,9-,10+,11-,16-/m1/s1. The van der Waals surface area contributed by atoms with Crippen LogP contribution < -0.4 is 0 Å². The average Bonchev–Trinajstić information content (AvgIpc) is 2.72. The SMILES string of the molecule is F[B-](F)(F)[N@+]12CC[C@H]3CC[C@@H]4CC[C@@H](C1)[C@@]432. The van der Waals surface area contributed by atoms with Crippen molar-refractivity contribution in [3.63, 3.8) is 0 Å². The van der Waals surface area contributed by atoms with Gasteiger partial charge in [-0.05, 0) is 25.7 Å². The van der Waals surface area contributed by atoms with Gasteiger partial charge >= 0.3 is 7.11 Å². The predicted octanol–water partition coefficient (Wildman–Crippen LogP) is 2.74. The first-order valence-corrected chi connectivity index (χ1v) is 6.58. The minimum Gasteiger partial charge on any atom is -0.416 e. The summed E-state index contributed by atoms with van der Waals surface area (Å²) in [7, 11) is -4.69. The van der Waals surface area contributed by atoms with E-state index in [0.29, 0.717) is 30.8 Å². The van der Waals surface area contributed by atoms with E-state index in [1.165, 1.54) is 0 Å². The molecule has 4 aliphatic rings. The van der Waals surface area contributed by atoms with Gasteiger partial charge in [-0.1, -0.05) is 0 Å². The van der Waals surface area contributed by atoms with Gasteiger partial charge in [0.25, 0.3) is 0 Å². The Hall–Kier alpha value is -0.185. The Balaban J connectivity index is 1.87. The van der Waals surface area contributed by atoms with E-state index in [0.717, 1.165) is 32.1 Å². The molecular formula is C11H17BF3N. The maximum absolute atomic E-state index is 13.5. The summed E-state index contributed by atoms with van der Waals surface area (Å²) in [5, 5.41) is 0. The van der Waals surface area contributed by atoms with Gasteiger partial charge in [-0.2, -0.15) is 0 Å². The molecule has 5 heteroatoms. The van der Waals surface area contributed by atoms with Crippen LogP contribution in [-0.2, 0) is 0 Å². The summed E-state index contributed by atoms with van der Waals surface area (Å²) in [4.78, 5) is 0. The van der Waals surface area contributed by atoms with Gasteiger partial charge in [-0.15, -0.1) is 0 Å². The second kappa shape index (κ2) is 2.47. The molecule has 0 radical (unpaired) electrons. The molecule has 0 bridgehead atoms. The molecule has 2 aliphatic heterocycles. The molecular weight excluding hydrogens is 214 g/mol. The fourth-order valence-electron chi connectivity index (χ4n) is 6.21. The molecule has 4 fully saturated rings. The van der Waals surface area contributed by atoms with Gasteiger partial charge in [0.2, 0.25) is 0 Å². The zero-order valence-corrected chi connectivity index (χ0v) is 9.34. The Bertz CT molecular complexity index is 347. The van der Waals surface area contributed by atoms with Crippen molar-refractivity contribution in [1.29, 1.82) is 0 Å². The summed E-state index contributed by atoms with van der Waals surface area (Å²) in [6.07, 6.45) is 5.15. The number of hydrogen-bond donors (Lipinski definition) is 0. The summed E-state index contributed by atoms with van der Waals surface area (Å²) < 4.78 is 40.0. The van der Waals surface area contributed by atoms with E-state index in [4.69, 9.17) is 0 Å². The normalized spacial score (nSPS) is 58.3. The van der Waals surface area contributed by atoms with Crippen molar-refractivity contribution in [2.75, 3.05) is 13.1 Å². The van der Waals surface area contributed by atoms with Crippen LogP contribution in [-0.4, -0.2) is 30.1 Å². The van der Waals surface area contributed by atoms with Gasteiger partial charge in [-0.25, -0.2) is 0 Å². The second-order valence-corrected chi connectivity index (χ2v) is 6.40. The first-order chi connectivity index (χ1) is 7.52. The van der Waals surface area contributed by atoms with Crippen LogP contribution in [0.25, 0.3) is 0 Å². The van der Waals surface area contributed by atoms with Crippen molar-refractivity contribution in [2.24, 2.45) is 17.8 Å². The van der Waals surface area contributed by atoms with Crippen LogP contribution in [0.1, 0.15) is 32.1 Å². The van der Waals surface area contributed by atoms with Crippen molar-refractivity contribution in [2.45, 2.75) is 37.6 Å². The lowest BCUT2D eigenvalue weighted by Gasteiger charge is -2.68. The molecule has 90 valence electrons. The molecule has 0 aromatic carbocycles. The van der Waals surface area contributed by atoms with Crippen molar-refractivity contribution >= 4 is 7.11 Å². The zero-order chi connectivity index (χ0) is 11.2. The largest absolute Gasteiger partial charge is 0.733 e. The van der Waals surface area contributed by atoms with Crippen LogP contribution in [0.2, 0.25) is 0 Å². The van der Waals surface area contributed by atoms with E-state index < -0.39 is 11.5 Å². The van der Waals surface area contributed by atoms with E-state index in [9.17, 15) is 12.9 Å². The maximum atomic E-state index is 13.5. The highest BCUT2D eigenvalue weighted by molar-refractivity contribution is 6.50. The van der Waals surface area contributed by atoms with Crippen LogP contribution in [0.5, 0.6) is 0 Å². The van der Waals surface area contributed by atoms with Crippen LogP contribution >= 0.6 is 0 Å². The fraction of sp³-hybridized carbons (Fsp3) is 1.00. The zero-order valence-electron chi connectivity index (χ0n) is 9.34. The summed E-state index contributed by atoms with van der Waals surface area (Å²) in [6, 6.07) is 0. The molecule has 2 saturated heterocycles. The number of hydrogen-bond acceptors (Lipinski definition) is 0. The average molecular weight is 231 g/mol. The molecule has 0 aromatic rings. The lowest BCUT2D eigenvalue weighted by atomic mass is 9.63. The molecule has 0 amide bonds. The molecule has 2 heterocycles. The summed E-state index contributed by atoms with van der Waals surface area (Å²) in [5.74, 6) is 1.22. The van der Waals surface area contributed by atoms with Gasteiger partial charge < -0.3 is 17.3 Å².